The Morgan fingerprint density at radius 3 is 2.64 bits per heavy atom. The summed E-state index contributed by atoms with van der Waals surface area (Å²) >= 11 is 0. The van der Waals surface area contributed by atoms with E-state index in [9.17, 15) is 9.90 Å². The van der Waals surface area contributed by atoms with Crippen molar-refractivity contribution < 1.29 is 9.90 Å². The van der Waals surface area contributed by atoms with E-state index in [1.54, 1.807) is 18.6 Å². The SMILES string of the molecule is O=C(NC[C@]1(O)CCN(c2cnccn2)C1)c1ccc(CN2CCCC2)cc1. The van der Waals surface area contributed by atoms with Crippen LogP contribution in [0.3, 0.4) is 0 Å². The molecular weight excluding hydrogens is 354 g/mol. The summed E-state index contributed by atoms with van der Waals surface area (Å²) in [5.74, 6) is 0.595. The molecule has 2 aromatic rings. The van der Waals surface area contributed by atoms with E-state index in [1.807, 2.05) is 29.2 Å². The highest BCUT2D eigenvalue weighted by atomic mass is 16.3. The molecule has 0 aliphatic carbocycles. The Morgan fingerprint density at radius 2 is 1.93 bits per heavy atom. The monoisotopic (exact) mass is 381 g/mol. The molecule has 2 aliphatic heterocycles. The minimum Gasteiger partial charge on any atom is -0.386 e. The number of carbonyl (C=O) groups is 1. The predicted octanol–water partition coefficient (Wildman–Crippen LogP) is 1.44. The molecule has 0 saturated carbocycles. The summed E-state index contributed by atoms with van der Waals surface area (Å²) in [6, 6.07) is 7.78. The Kier molecular flexibility index (Phi) is 5.54. The molecule has 28 heavy (non-hydrogen) atoms. The Balaban J connectivity index is 1.29. The van der Waals surface area contributed by atoms with Crippen molar-refractivity contribution in [2.75, 3.05) is 37.6 Å². The third kappa shape index (κ3) is 4.48. The second kappa shape index (κ2) is 8.24. The minimum atomic E-state index is -0.955. The molecule has 2 fully saturated rings. The number of nitrogens with one attached hydrogen (secondary N) is 1. The first-order chi connectivity index (χ1) is 13.6. The van der Waals surface area contributed by atoms with Crippen LogP contribution in [0, 0.1) is 0 Å². The molecule has 7 nitrogen and oxygen atoms in total. The van der Waals surface area contributed by atoms with Gasteiger partial charge in [-0.15, -0.1) is 0 Å². The zero-order valence-corrected chi connectivity index (χ0v) is 16.0. The van der Waals surface area contributed by atoms with E-state index in [1.165, 1.54) is 18.4 Å². The maximum Gasteiger partial charge on any atom is 0.251 e. The third-order valence-electron chi connectivity index (χ3n) is 5.60. The van der Waals surface area contributed by atoms with Gasteiger partial charge in [-0.2, -0.15) is 0 Å². The van der Waals surface area contributed by atoms with E-state index in [4.69, 9.17) is 0 Å². The summed E-state index contributed by atoms with van der Waals surface area (Å²) in [5, 5.41) is 13.7. The van der Waals surface area contributed by atoms with Gasteiger partial charge in [0, 0.05) is 44.1 Å². The fourth-order valence-corrected chi connectivity index (χ4v) is 3.96. The summed E-state index contributed by atoms with van der Waals surface area (Å²) in [7, 11) is 0. The number of likely N-dealkylation sites (tertiary alicyclic amines) is 1. The Bertz CT molecular complexity index is 792. The van der Waals surface area contributed by atoms with Crippen molar-refractivity contribution in [1.82, 2.24) is 20.2 Å². The number of amides is 1. The molecule has 1 aromatic carbocycles. The van der Waals surface area contributed by atoms with Gasteiger partial charge in [-0.3, -0.25) is 14.7 Å². The number of benzene rings is 1. The van der Waals surface area contributed by atoms with E-state index < -0.39 is 5.60 Å². The van der Waals surface area contributed by atoms with Crippen molar-refractivity contribution >= 4 is 11.7 Å². The van der Waals surface area contributed by atoms with E-state index in [0.717, 1.165) is 25.5 Å². The van der Waals surface area contributed by atoms with Crippen LogP contribution in [0.2, 0.25) is 0 Å². The van der Waals surface area contributed by atoms with Gasteiger partial charge in [0.05, 0.1) is 6.20 Å². The standard InChI is InChI=1S/C21H27N5O2/c27-20(18-5-3-17(4-6-18)14-25-10-1-2-11-25)24-15-21(28)7-12-26(16-21)19-13-22-8-9-23-19/h3-6,8-9,13,28H,1-2,7,10-12,14-16H2,(H,24,27)/t21-/m1/s1. The van der Waals surface area contributed by atoms with Gasteiger partial charge in [0.1, 0.15) is 11.4 Å². The molecule has 2 aliphatic rings. The molecule has 148 valence electrons. The molecular formula is C21H27N5O2. The van der Waals surface area contributed by atoms with E-state index >= 15 is 0 Å². The number of aliphatic hydroxyl groups is 1. The van der Waals surface area contributed by atoms with Gasteiger partial charge in [0.2, 0.25) is 0 Å². The molecule has 0 bridgehead atoms. The zero-order chi connectivity index (χ0) is 19.4. The van der Waals surface area contributed by atoms with Crippen molar-refractivity contribution in [3.63, 3.8) is 0 Å². The first-order valence-electron chi connectivity index (χ1n) is 9.94. The molecule has 7 heteroatoms. The van der Waals surface area contributed by atoms with Gasteiger partial charge in [-0.1, -0.05) is 12.1 Å². The van der Waals surface area contributed by atoms with Gasteiger partial charge < -0.3 is 15.3 Å². The van der Waals surface area contributed by atoms with Gasteiger partial charge in [0.15, 0.2) is 0 Å². The van der Waals surface area contributed by atoms with Gasteiger partial charge >= 0.3 is 0 Å². The molecule has 4 rings (SSSR count). The van der Waals surface area contributed by atoms with Crippen molar-refractivity contribution in [1.29, 1.82) is 0 Å². The topological polar surface area (TPSA) is 81.6 Å². The molecule has 1 amide bonds. The second-order valence-electron chi connectivity index (χ2n) is 7.82. The molecule has 0 spiro atoms. The number of aromatic nitrogens is 2. The average molecular weight is 381 g/mol. The Morgan fingerprint density at radius 1 is 1.14 bits per heavy atom. The summed E-state index contributed by atoms with van der Waals surface area (Å²) in [6.45, 7) is 4.60. The maximum atomic E-state index is 12.5. The Labute approximate surface area is 165 Å². The Hall–Kier alpha value is -2.51. The largest absolute Gasteiger partial charge is 0.386 e. The van der Waals surface area contributed by atoms with Crippen molar-refractivity contribution in [3.8, 4) is 0 Å². The van der Waals surface area contributed by atoms with Gasteiger partial charge in [-0.25, -0.2) is 4.98 Å². The van der Waals surface area contributed by atoms with Crippen molar-refractivity contribution in [2.24, 2.45) is 0 Å². The van der Waals surface area contributed by atoms with Crippen LogP contribution in [-0.2, 0) is 6.54 Å². The van der Waals surface area contributed by atoms with E-state index in [2.05, 4.69) is 20.2 Å². The summed E-state index contributed by atoms with van der Waals surface area (Å²) in [6.07, 6.45) is 8.09. The van der Waals surface area contributed by atoms with Crippen LogP contribution in [-0.4, -0.2) is 64.2 Å². The molecule has 2 N–H and O–H groups in total. The molecule has 0 radical (unpaired) electrons. The van der Waals surface area contributed by atoms with E-state index in [-0.39, 0.29) is 12.5 Å². The third-order valence-corrected chi connectivity index (χ3v) is 5.60. The second-order valence-corrected chi connectivity index (χ2v) is 7.82. The molecule has 2 saturated heterocycles. The van der Waals surface area contributed by atoms with Crippen LogP contribution in [0.15, 0.2) is 42.9 Å². The molecule has 1 aromatic heterocycles. The smallest absolute Gasteiger partial charge is 0.251 e. The highest BCUT2D eigenvalue weighted by Gasteiger charge is 2.37. The van der Waals surface area contributed by atoms with Gasteiger partial charge in [-0.05, 0) is 50.0 Å². The first-order valence-corrected chi connectivity index (χ1v) is 9.94. The van der Waals surface area contributed by atoms with E-state index in [0.29, 0.717) is 25.1 Å². The maximum absolute atomic E-state index is 12.5. The lowest BCUT2D eigenvalue weighted by Crippen LogP contribution is -2.45. The number of β-amino-alcohol motifs (C(OH)–C–C–N with tert-alkyl or cyclic N) is 1. The number of carbonyl (C=O) groups excluding carboxylic acids is 1. The summed E-state index contributed by atoms with van der Waals surface area (Å²) in [4.78, 5) is 25.3. The quantitative estimate of drug-likeness (QED) is 0.788. The van der Waals surface area contributed by atoms with Crippen molar-refractivity contribution in [3.05, 3.63) is 54.0 Å². The minimum absolute atomic E-state index is 0.154. The molecule has 0 unspecified atom stereocenters. The first kappa shape index (κ1) is 18.8. The van der Waals surface area contributed by atoms with Crippen LogP contribution in [0.5, 0.6) is 0 Å². The lowest BCUT2D eigenvalue weighted by atomic mass is 10.0. The van der Waals surface area contributed by atoms with Crippen LogP contribution in [0.4, 0.5) is 5.82 Å². The normalized spacial score (nSPS) is 22.5. The number of nitrogens with zero attached hydrogens (tertiary/aromatic N) is 4. The summed E-state index contributed by atoms with van der Waals surface area (Å²) < 4.78 is 0. The molecule has 3 heterocycles. The van der Waals surface area contributed by atoms with Crippen LogP contribution < -0.4 is 10.2 Å². The highest BCUT2D eigenvalue weighted by molar-refractivity contribution is 5.94. The zero-order valence-electron chi connectivity index (χ0n) is 16.0. The fourth-order valence-electron chi connectivity index (χ4n) is 3.96. The highest BCUT2D eigenvalue weighted by Crippen LogP contribution is 2.24. The predicted molar refractivity (Wildman–Crippen MR) is 107 cm³/mol. The number of hydrogen-bond acceptors (Lipinski definition) is 6. The van der Waals surface area contributed by atoms with Gasteiger partial charge in [0.25, 0.3) is 5.91 Å². The lowest BCUT2D eigenvalue weighted by molar-refractivity contribution is 0.0575. The molecule has 1 atom stereocenters. The average Bonchev–Trinajstić information content (AvgIpc) is 3.38. The number of rotatable bonds is 6. The number of anilines is 1. The van der Waals surface area contributed by atoms with Crippen molar-refractivity contribution in [2.45, 2.75) is 31.4 Å². The number of hydrogen-bond donors (Lipinski definition) is 2. The van der Waals surface area contributed by atoms with Crippen LogP contribution >= 0.6 is 0 Å². The van der Waals surface area contributed by atoms with Crippen LogP contribution in [0.1, 0.15) is 35.2 Å². The lowest BCUT2D eigenvalue weighted by Gasteiger charge is -2.24. The fraction of sp³-hybridized carbons (Fsp3) is 0.476. The summed E-state index contributed by atoms with van der Waals surface area (Å²) in [5.41, 5.74) is 0.896. The van der Waals surface area contributed by atoms with Crippen LogP contribution in [0.25, 0.3) is 0 Å².